The third-order valence-electron chi connectivity index (χ3n) is 6.81. The first-order valence-corrected chi connectivity index (χ1v) is 12.5. The fourth-order valence-electron chi connectivity index (χ4n) is 4.63. The Morgan fingerprint density at radius 3 is 2.47 bits per heavy atom. The van der Waals surface area contributed by atoms with Crippen LogP contribution in [0.2, 0.25) is 0 Å². The number of hydrogen-bond donors (Lipinski definition) is 1. The molecule has 2 saturated heterocycles. The largest absolute Gasteiger partial charge is 0.378 e. The summed E-state index contributed by atoms with van der Waals surface area (Å²) in [6.07, 6.45) is 1.45. The Morgan fingerprint density at radius 1 is 1.00 bits per heavy atom. The van der Waals surface area contributed by atoms with Crippen molar-refractivity contribution in [1.29, 1.82) is 0 Å². The number of piperidine rings is 1. The van der Waals surface area contributed by atoms with Gasteiger partial charge in [-0.05, 0) is 45.0 Å². The minimum Gasteiger partial charge on any atom is -0.378 e. The van der Waals surface area contributed by atoms with Gasteiger partial charge in [-0.2, -0.15) is 4.98 Å². The van der Waals surface area contributed by atoms with Gasteiger partial charge in [0, 0.05) is 24.6 Å². The molecule has 3 aromatic rings. The number of rotatable bonds is 6. The number of para-hydroxylation sites is 1. The number of ether oxygens (including phenoxy) is 1. The van der Waals surface area contributed by atoms with E-state index in [2.05, 4.69) is 20.4 Å². The average molecular weight is 490 g/mol. The average Bonchev–Trinajstić information content (AvgIpc) is 3.38. The molecule has 2 aromatic carbocycles. The van der Waals surface area contributed by atoms with Crippen LogP contribution in [0.5, 0.6) is 0 Å². The summed E-state index contributed by atoms with van der Waals surface area (Å²) in [5.74, 6) is 0.928. The number of morpholine rings is 1. The van der Waals surface area contributed by atoms with Crippen molar-refractivity contribution < 1.29 is 18.8 Å². The molecule has 2 aliphatic rings. The molecule has 0 radical (unpaired) electrons. The number of likely N-dealkylation sites (tertiary alicyclic amines) is 1. The fourth-order valence-corrected chi connectivity index (χ4v) is 4.63. The molecule has 1 aromatic heterocycles. The summed E-state index contributed by atoms with van der Waals surface area (Å²) in [4.78, 5) is 34.6. The third kappa shape index (κ3) is 5.63. The van der Waals surface area contributed by atoms with E-state index >= 15 is 0 Å². The van der Waals surface area contributed by atoms with Gasteiger partial charge in [-0.3, -0.25) is 14.5 Å². The van der Waals surface area contributed by atoms with E-state index in [4.69, 9.17) is 9.26 Å². The van der Waals surface area contributed by atoms with Gasteiger partial charge in [0.1, 0.15) is 0 Å². The highest BCUT2D eigenvalue weighted by Gasteiger charge is 2.28. The molecule has 0 saturated carbocycles. The molecular formula is C27H31N5O4. The predicted octanol–water partition coefficient (Wildman–Crippen LogP) is 3.37. The summed E-state index contributed by atoms with van der Waals surface area (Å²) in [5, 5.41) is 7.13. The number of nitrogens with zero attached hydrogens (tertiary/aromatic N) is 4. The van der Waals surface area contributed by atoms with E-state index in [1.807, 2.05) is 43.3 Å². The first-order valence-electron chi connectivity index (χ1n) is 12.5. The number of nitrogens with one attached hydrogen (secondary N) is 1. The zero-order chi connectivity index (χ0) is 24.9. The molecule has 9 nitrogen and oxygen atoms in total. The van der Waals surface area contributed by atoms with Crippen molar-refractivity contribution in [3.05, 3.63) is 65.5 Å². The number of aryl methyl sites for hydroxylation is 1. The van der Waals surface area contributed by atoms with Crippen LogP contribution >= 0.6 is 0 Å². The van der Waals surface area contributed by atoms with Crippen molar-refractivity contribution in [1.82, 2.24) is 19.9 Å². The van der Waals surface area contributed by atoms with Gasteiger partial charge >= 0.3 is 0 Å². The second-order valence-electron chi connectivity index (χ2n) is 9.37. The lowest BCUT2D eigenvalue weighted by molar-refractivity contribution is -0.121. The number of carbonyl (C=O) groups is 2. The maximum atomic E-state index is 13.1. The van der Waals surface area contributed by atoms with Crippen molar-refractivity contribution in [2.24, 2.45) is 5.92 Å². The number of carbonyl (C=O) groups excluding carboxylic acids is 2. The zero-order valence-electron chi connectivity index (χ0n) is 20.5. The van der Waals surface area contributed by atoms with Crippen molar-refractivity contribution in [3.8, 4) is 11.4 Å². The van der Waals surface area contributed by atoms with Crippen LogP contribution in [0.1, 0.15) is 34.7 Å². The smallest absolute Gasteiger partial charge is 0.256 e. The highest BCUT2D eigenvalue weighted by atomic mass is 16.5. The molecule has 188 valence electrons. The second-order valence-corrected chi connectivity index (χ2v) is 9.37. The van der Waals surface area contributed by atoms with Gasteiger partial charge < -0.3 is 19.5 Å². The van der Waals surface area contributed by atoms with Gasteiger partial charge in [-0.15, -0.1) is 0 Å². The van der Waals surface area contributed by atoms with Gasteiger partial charge in [0.2, 0.25) is 17.6 Å². The third-order valence-corrected chi connectivity index (χ3v) is 6.81. The van der Waals surface area contributed by atoms with Gasteiger partial charge in [0.05, 0.1) is 31.0 Å². The van der Waals surface area contributed by atoms with Gasteiger partial charge in [0.25, 0.3) is 5.91 Å². The van der Waals surface area contributed by atoms with Crippen LogP contribution in [0.15, 0.2) is 53.1 Å². The number of anilines is 1. The van der Waals surface area contributed by atoms with E-state index < -0.39 is 0 Å². The van der Waals surface area contributed by atoms with Crippen LogP contribution in [0.3, 0.4) is 0 Å². The van der Waals surface area contributed by atoms with Crippen LogP contribution in [0.25, 0.3) is 11.4 Å². The standard InChI is InChI=1S/C27H31N5O4/c1-19-6-8-20(9-7-19)25-29-24(36-30-25)18-31-12-10-21(11-13-31)26(33)28-23-5-3-2-4-22(23)27(34)32-14-16-35-17-15-32/h2-9,21H,10-18H2,1H3,(H,28,33). The molecule has 9 heteroatoms. The Labute approximate surface area is 210 Å². The molecule has 0 atom stereocenters. The van der Waals surface area contributed by atoms with Crippen LogP contribution in [-0.2, 0) is 16.1 Å². The summed E-state index contributed by atoms with van der Waals surface area (Å²) in [6.45, 7) is 6.32. The lowest BCUT2D eigenvalue weighted by atomic mass is 9.95. The summed E-state index contributed by atoms with van der Waals surface area (Å²) in [7, 11) is 0. The molecule has 3 heterocycles. The summed E-state index contributed by atoms with van der Waals surface area (Å²) in [5.41, 5.74) is 3.20. The SMILES string of the molecule is Cc1ccc(-c2noc(CN3CCC(C(=O)Nc4ccccc4C(=O)N4CCOCC4)CC3)n2)cc1. The van der Waals surface area contributed by atoms with E-state index in [9.17, 15) is 9.59 Å². The molecular weight excluding hydrogens is 458 g/mol. The van der Waals surface area contributed by atoms with Crippen molar-refractivity contribution in [3.63, 3.8) is 0 Å². The summed E-state index contributed by atoms with van der Waals surface area (Å²) < 4.78 is 10.8. The normalized spacial score (nSPS) is 17.2. The van der Waals surface area contributed by atoms with E-state index in [-0.39, 0.29) is 17.7 Å². The van der Waals surface area contributed by atoms with Gasteiger partial charge in [0.15, 0.2) is 0 Å². The fraction of sp³-hybridized carbons (Fsp3) is 0.407. The van der Waals surface area contributed by atoms with Crippen LogP contribution < -0.4 is 5.32 Å². The summed E-state index contributed by atoms with van der Waals surface area (Å²) >= 11 is 0. The highest BCUT2D eigenvalue weighted by Crippen LogP contribution is 2.24. The van der Waals surface area contributed by atoms with E-state index in [0.717, 1.165) is 31.5 Å². The Balaban J connectivity index is 1.14. The Morgan fingerprint density at radius 2 is 1.72 bits per heavy atom. The molecule has 2 fully saturated rings. The molecule has 1 N–H and O–H groups in total. The summed E-state index contributed by atoms with van der Waals surface area (Å²) in [6, 6.07) is 15.2. The Kier molecular flexibility index (Phi) is 7.39. The molecule has 2 amide bonds. The van der Waals surface area contributed by atoms with Crippen LogP contribution in [0, 0.1) is 12.8 Å². The van der Waals surface area contributed by atoms with Crippen LogP contribution in [0.4, 0.5) is 5.69 Å². The molecule has 0 aliphatic carbocycles. The van der Waals surface area contributed by atoms with E-state index in [1.165, 1.54) is 5.56 Å². The van der Waals surface area contributed by atoms with Gasteiger partial charge in [-0.1, -0.05) is 47.1 Å². The van der Waals surface area contributed by atoms with Crippen molar-refractivity contribution in [2.75, 3.05) is 44.7 Å². The first kappa shape index (κ1) is 24.1. The van der Waals surface area contributed by atoms with Gasteiger partial charge in [-0.25, -0.2) is 0 Å². The molecule has 0 unspecified atom stereocenters. The van der Waals surface area contributed by atoms with Crippen LogP contribution in [-0.4, -0.2) is 71.1 Å². The van der Waals surface area contributed by atoms with E-state index in [0.29, 0.717) is 55.8 Å². The molecule has 2 aliphatic heterocycles. The van der Waals surface area contributed by atoms with Crippen molar-refractivity contribution >= 4 is 17.5 Å². The van der Waals surface area contributed by atoms with Crippen molar-refractivity contribution in [2.45, 2.75) is 26.3 Å². The Hall–Kier alpha value is -3.56. The number of amides is 2. The number of benzene rings is 2. The lowest BCUT2D eigenvalue weighted by Crippen LogP contribution is -2.41. The topological polar surface area (TPSA) is 101 Å². The molecule has 5 rings (SSSR count). The Bertz CT molecular complexity index is 1190. The zero-order valence-corrected chi connectivity index (χ0v) is 20.5. The monoisotopic (exact) mass is 489 g/mol. The number of aromatic nitrogens is 2. The first-order chi connectivity index (χ1) is 17.6. The second kappa shape index (κ2) is 11.0. The quantitative estimate of drug-likeness (QED) is 0.567. The lowest BCUT2D eigenvalue weighted by Gasteiger charge is -2.30. The minimum absolute atomic E-state index is 0.0451. The minimum atomic E-state index is -0.112. The number of hydrogen-bond acceptors (Lipinski definition) is 7. The maximum absolute atomic E-state index is 13.1. The molecule has 0 bridgehead atoms. The van der Waals surface area contributed by atoms with E-state index in [1.54, 1.807) is 17.0 Å². The molecule has 0 spiro atoms. The molecule has 36 heavy (non-hydrogen) atoms. The highest BCUT2D eigenvalue weighted by molar-refractivity contribution is 6.04. The predicted molar refractivity (Wildman–Crippen MR) is 134 cm³/mol. The maximum Gasteiger partial charge on any atom is 0.256 e.